The molecule has 1 aromatic rings. The molecule has 0 saturated carbocycles. The first-order valence-electron chi connectivity index (χ1n) is 4.75. The maximum absolute atomic E-state index is 10.6. The minimum absolute atomic E-state index is 0.0143. The van der Waals surface area contributed by atoms with Crippen LogP contribution in [0, 0.1) is 10.1 Å². The van der Waals surface area contributed by atoms with E-state index in [1.165, 1.54) is 13.2 Å². The number of rotatable bonds is 5. The summed E-state index contributed by atoms with van der Waals surface area (Å²) >= 11 is 0. The van der Waals surface area contributed by atoms with Crippen LogP contribution in [-0.4, -0.2) is 18.6 Å². The summed E-state index contributed by atoms with van der Waals surface area (Å²) in [5.41, 5.74) is 0.818. The quantitative estimate of drug-likeness (QED) is 0.598. The predicted molar refractivity (Wildman–Crippen MR) is 58.4 cm³/mol. The molecule has 1 aromatic carbocycles. The van der Waals surface area contributed by atoms with Crippen LogP contribution >= 0.6 is 0 Å². The van der Waals surface area contributed by atoms with Gasteiger partial charge in [-0.05, 0) is 12.5 Å². The molecule has 0 aliphatic heterocycles. The van der Waals surface area contributed by atoms with Gasteiger partial charge in [-0.1, -0.05) is 6.92 Å². The number of nitro benzene ring substituents is 1. The van der Waals surface area contributed by atoms with Gasteiger partial charge in [-0.2, -0.15) is 0 Å². The summed E-state index contributed by atoms with van der Waals surface area (Å²) in [4.78, 5) is 10.2. The van der Waals surface area contributed by atoms with Gasteiger partial charge in [0, 0.05) is 24.4 Å². The lowest BCUT2D eigenvalue weighted by Crippen LogP contribution is -2.01. The number of benzene rings is 1. The minimum atomic E-state index is -0.456. The second-order valence-electron chi connectivity index (χ2n) is 3.07. The monoisotopic (exact) mass is 210 g/mol. The highest BCUT2D eigenvalue weighted by Gasteiger charge is 2.14. The number of hydrogen-bond acceptors (Lipinski definition) is 4. The summed E-state index contributed by atoms with van der Waals surface area (Å²) in [6.07, 6.45) is 0.999. The molecule has 0 aliphatic carbocycles. The Morgan fingerprint density at radius 1 is 1.53 bits per heavy atom. The van der Waals surface area contributed by atoms with E-state index < -0.39 is 4.92 Å². The third-order valence-electron chi connectivity index (χ3n) is 1.96. The molecule has 0 saturated heterocycles. The number of hydrogen-bond donors (Lipinski definition) is 1. The van der Waals surface area contributed by atoms with Crippen LogP contribution in [0.5, 0.6) is 5.75 Å². The van der Waals surface area contributed by atoms with Gasteiger partial charge >= 0.3 is 5.69 Å². The van der Waals surface area contributed by atoms with E-state index >= 15 is 0 Å². The van der Waals surface area contributed by atoms with Crippen molar-refractivity contribution >= 4 is 11.4 Å². The lowest BCUT2D eigenvalue weighted by molar-refractivity contribution is -0.385. The van der Waals surface area contributed by atoms with Gasteiger partial charge in [-0.25, -0.2) is 0 Å². The van der Waals surface area contributed by atoms with E-state index in [0.717, 1.165) is 18.7 Å². The zero-order chi connectivity index (χ0) is 11.3. The molecule has 5 nitrogen and oxygen atoms in total. The number of ether oxygens (including phenoxy) is 1. The molecule has 0 amide bonds. The first-order valence-corrected chi connectivity index (χ1v) is 4.75. The Morgan fingerprint density at radius 3 is 2.80 bits per heavy atom. The van der Waals surface area contributed by atoms with Crippen molar-refractivity contribution in [2.45, 2.75) is 13.3 Å². The van der Waals surface area contributed by atoms with E-state index in [0.29, 0.717) is 0 Å². The van der Waals surface area contributed by atoms with Crippen molar-refractivity contribution in [3.05, 3.63) is 28.3 Å². The van der Waals surface area contributed by atoms with E-state index in [-0.39, 0.29) is 11.4 Å². The lowest BCUT2D eigenvalue weighted by Gasteiger charge is -2.06. The van der Waals surface area contributed by atoms with Gasteiger partial charge < -0.3 is 10.1 Å². The summed E-state index contributed by atoms with van der Waals surface area (Å²) < 4.78 is 4.95. The van der Waals surface area contributed by atoms with Gasteiger partial charge in [0.15, 0.2) is 5.75 Å². The third-order valence-corrected chi connectivity index (χ3v) is 1.96. The Bertz CT molecular complexity index is 353. The highest BCUT2D eigenvalue weighted by atomic mass is 16.6. The highest BCUT2D eigenvalue weighted by molar-refractivity contribution is 5.57. The maximum atomic E-state index is 10.6. The zero-order valence-electron chi connectivity index (χ0n) is 8.82. The number of nitrogens with zero attached hydrogens (tertiary/aromatic N) is 1. The number of anilines is 1. The van der Waals surface area contributed by atoms with Crippen molar-refractivity contribution in [1.82, 2.24) is 0 Å². The van der Waals surface area contributed by atoms with Gasteiger partial charge in [-0.3, -0.25) is 10.1 Å². The molecular weight excluding hydrogens is 196 g/mol. The van der Waals surface area contributed by atoms with Crippen molar-refractivity contribution in [3.8, 4) is 5.75 Å². The van der Waals surface area contributed by atoms with E-state index in [4.69, 9.17) is 4.74 Å². The van der Waals surface area contributed by atoms with Crippen LogP contribution in [0.4, 0.5) is 11.4 Å². The maximum Gasteiger partial charge on any atom is 0.311 e. The summed E-state index contributed by atoms with van der Waals surface area (Å²) in [6.45, 7) is 2.89. The van der Waals surface area contributed by atoms with Gasteiger partial charge in [0.2, 0.25) is 0 Å². The van der Waals surface area contributed by atoms with E-state index in [2.05, 4.69) is 12.2 Å². The largest absolute Gasteiger partial charge is 0.490 e. The Labute approximate surface area is 88.2 Å². The predicted octanol–water partition coefficient (Wildman–Crippen LogP) is 2.43. The molecular formula is C10H14N2O3. The van der Waals surface area contributed by atoms with Crippen LogP contribution in [0.2, 0.25) is 0 Å². The summed E-state index contributed by atoms with van der Waals surface area (Å²) in [5, 5.41) is 13.7. The van der Waals surface area contributed by atoms with Crippen molar-refractivity contribution < 1.29 is 9.66 Å². The van der Waals surface area contributed by atoms with Crippen LogP contribution in [0.1, 0.15) is 13.3 Å². The van der Waals surface area contributed by atoms with Crippen LogP contribution in [-0.2, 0) is 0 Å². The van der Waals surface area contributed by atoms with Crippen LogP contribution < -0.4 is 10.1 Å². The first-order chi connectivity index (χ1) is 7.19. The van der Waals surface area contributed by atoms with Gasteiger partial charge in [0.25, 0.3) is 0 Å². The van der Waals surface area contributed by atoms with E-state index in [1.54, 1.807) is 12.1 Å². The second-order valence-corrected chi connectivity index (χ2v) is 3.07. The fraction of sp³-hybridized carbons (Fsp3) is 0.400. The topological polar surface area (TPSA) is 64.4 Å². The molecule has 1 N–H and O–H groups in total. The summed E-state index contributed by atoms with van der Waals surface area (Å²) in [6, 6.07) is 4.75. The van der Waals surface area contributed by atoms with Gasteiger partial charge in [0.05, 0.1) is 12.0 Å². The Morgan fingerprint density at radius 2 is 2.27 bits per heavy atom. The number of nitrogens with one attached hydrogen (secondary N) is 1. The van der Waals surface area contributed by atoms with Crippen LogP contribution in [0.25, 0.3) is 0 Å². The summed E-state index contributed by atoms with van der Waals surface area (Å²) in [7, 11) is 1.42. The third kappa shape index (κ3) is 2.83. The number of nitro groups is 1. The van der Waals surface area contributed by atoms with Gasteiger partial charge in [-0.15, -0.1) is 0 Å². The van der Waals surface area contributed by atoms with Crippen molar-refractivity contribution in [3.63, 3.8) is 0 Å². The number of methoxy groups -OCH3 is 1. The molecule has 0 bridgehead atoms. The molecule has 0 aliphatic rings. The molecule has 0 atom stereocenters. The lowest BCUT2D eigenvalue weighted by atomic mass is 10.2. The molecule has 0 heterocycles. The molecule has 15 heavy (non-hydrogen) atoms. The van der Waals surface area contributed by atoms with Crippen molar-refractivity contribution in [1.29, 1.82) is 0 Å². The minimum Gasteiger partial charge on any atom is -0.490 e. The van der Waals surface area contributed by atoms with Crippen molar-refractivity contribution in [2.75, 3.05) is 19.0 Å². The molecule has 0 radical (unpaired) electrons. The summed E-state index contributed by atoms with van der Waals surface area (Å²) in [5.74, 6) is 0.279. The normalized spacial score (nSPS) is 9.73. The van der Waals surface area contributed by atoms with Crippen LogP contribution in [0.3, 0.4) is 0 Å². The Kier molecular flexibility index (Phi) is 3.91. The Balaban J connectivity index is 2.92. The van der Waals surface area contributed by atoms with E-state index in [1.807, 2.05) is 0 Å². The molecule has 0 aromatic heterocycles. The average molecular weight is 210 g/mol. The smallest absolute Gasteiger partial charge is 0.311 e. The van der Waals surface area contributed by atoms with E-state index in [9.17, 15) is 10.1 Å². The molecule has 0 unspecified atom stereocenters. The Hall–Kier alpha value is -1.78. The molecule has 0 fully saturated rings. The molecule has 1 rings (SSSR count). The SMILES string of the molecule is CCCNc1ccc([N+](=O)[O-])c(OC)c1. The molecule has 0 spiro atoms. The van der Waals surface area contributed by atoms with Crippen LogP contribution in [0.15, 0.2) is 18.2 Å². The highest BCUT2D eigenvalue weighted by Crippen LogP contribution is 2.29. The fourth-order valence-corrected chi connectivity index (χ4v) is 1.21. The fourth-order valence-electron chi connectivity index (χ4n) is 1.21. The second kappa shape index (κ2) is 5.19. The zero-order valence-corrected chi connectivity index (χ0v) is 8.82. The van der Waals surface area contributed by atoms with Gasteiger partial charge in [0.1, 0.15) is 0 Å². The average Bonchev–Trinajstić information content (AvgIpc) is 2.25. The van der Waals surface area contributed by atoms with Crippen molar-refractivity contribution in [2.24, 2.45) is 0 Å². The standard InChI is InChI=1S/C10H14N2O3/c1-3-6-11-8-4-5-9(12(13)14)10(7-8)15-2/h4-5,7,11H,3,6H2,1-2H3. The molecule has 5 heteroatoms. The first kappa shape index (κ1) is 11.3. The molecule has 82 valence electrons.